The first-order valence-corrected chi connectivity index (χ1v) is 6.77. The molecule has 18 heavy (non-hydrogen) atoms. The zero-order valence-electron chi connectivity index (χ0n) is 10.2. The molecule has 0 radical (unpaired) electrons. The van der Waals surface area contributed by atoms with E-state index < -0.39 is 0 Å². The number of aryl methyl sites for hydroxylation is 1. The van der Waals surface area contributed by atoms with Gasteiger partial charge in [-0.25, -0.2) is 0 Å². The van der Waals surface area contributed by atoms with Gasteiger partial charge >= 0.3 is 0 Å². The Morgan fingerprint density at radius 3 is 2.44 bits per heavy atom. The molecule has 0 bridgehead atoms. The van der Waals surface area contributed by atoms with Gasteiger partial charge in [-0.1, -0.05) is 0 Å². The van der Waals surface area contributed by atoms with Crippen molar-refractivity contribution < 1.29 is 9.21 Å². The molecule has 94 valence electrons. The van der Waals surface area contributed by atoms with Crippen LogP contribution in [0.25, 0.3) is 0 Å². The van der Waals surface area contributed by atoms with Gasteiger partial charge in [0.25, 0.3) is 5.91 Å². The highest BCUT2D eigenvalue weighted by Gasteiger charge is 2.13. The Morgan fingerprint density at radius 1 is 1.22 bits per heavy atom. The van der Waals surface area contributed by atoms with Crippen molar-refractivity contribution in [2.75, 3.05) is 0 Å². The largest absolute Gasteiger partial charge is 0.464 e. The summed E-state index contributed by atoms with van der Waals surface area (Å²) in [5.41, 5.74) is 0.658. The molecule has 1 atom stereocenters. The average Bonchev–Trinajstić information content (AvgIpc) is 2.76. The predicted octanol–water partition coefficient (Wildman–Crippen LogP) is 3.68. The molecular weight excluding hydrogens is 341 g/mol. The number of carbonyl (C=O) groups is 1. The highest BCUT2D eigenvalue weighted by atomic mass is 127. The minimum Gasteiger partial charge on any atom is -0.464 e. The van der Waals surface area contributed by atoms with E-state index in [2.05, 4.69) is 27.9 Å². The van der Waals surface area contributed by atoms with E-state index in [-0.39, 0.29) is 11.9 Å². The Hall–Kier alpha value is -1.30. The maximum Gasteiger partial charge on any atom is 0.251 e. The topological polar surface area (TPSA) is 42.2 Å². The first kappa shape index (κ1) is 13.1. The second-order valence-electron chi connectivity index (χ2n) is 4.15. The van der Waals surface area contributed by atoms with Crippen LogP contribution in [0.4, 0.5) is 0 Å². The first-order chi connectivity index (χ1) is 8.56. The average molecular weight is 355 g/mol. The molecule has 0 saturated carbocycles. The summed E-state index contributed by atoms with van der Waals surface area (Å²) in [6, 6.07) is 11.1. The van der Waals surface area contributed by atoms with E-state index >= 15 is 0 Å². The molecule has 0 saturated heterocycles. The Kier molecular flexibility index (Phi) is 4.06. The van der Waals surface area contributed by atoms with Crippen LogP contribution >= 0.6 is 22.6 Å². The van der Waals surface area contributed by atoms with Gasteiger partial charge in [-0.15, -0.1) is 0 Å². The first-order valence-electron chi connectivity index (χ1n) is 5.69. The highest BCUT2D eigenvalue weighted by Crippen LogP contribution is 2.16. The molecule has 1 N–H and O–H groups in total. The van der Waals surface area contributed by atoms with Crippen molar-refractivity contribution in [1.82, 2.24) is 5.32 Å². The molecular formula is C14H14INO2. The zero-order valence-corrected chi connectivity index (χ0v) is 12.4. The summed E-state index contributed by atoms with van der Waals surface area (Å²) in [7, 11) is 0. The summed E-state index contributed by atoms with van der Waals surface area (Å²) in [5, 5.41) is 2.91. The van der Waals surface area contributed by atoms with Crippen molar-refractivity contribution in [1.29, 1.82) is 0 Å². The van der Waals surface area contributed by atoms with Crippen LogP contribution in [0.15, 0.2) is 40.8 Å². The maximum atomic E-state index is 12.0. The van der Waals surface area contributed by atoms with E-state index in [0.29, 0.717) is 5.56 Å². The van der Waals surface area contributed by atoms with Crippen molar-refractivity contribution >= 4 is 28.5 Å². The van der Waals surface area contributed by atoms with Crippen LogP contribution in [0.3, 0.4) is 0 Å². The van der Waals surface area contributed by atoms with Gasteiger partial charge in [0.1, 0.15) is 11.5 Å². The zero-order chi connectivity index (χ0) is 13.1. The molecule has 0 aliphatic carbocycles. The molecule has 1 heterocycles. The van der Waals surface area contributed by atoms with Crippen LogP contribution in [0.5, 0.6) is 0 Å². The molecule has 4 heteroatoms. The number of rotatable bonds is 3. The fourth-order valence-corrected chi connectivity index (χ4v) is 2.00. The minimum atomic E-state index is -0.134. The highest BCUT2D eigenvalue weighted by molar-refractivity contribution is 14.1. The van der Waals surface area contributed by atoms with Gasteiger partial charge in [0.05, 0.1) is 6.04 Å². The molecule has 0 spiro atoms. The molecule has 0 aliphatic rings. The fourth-order valence-electron chi connectivity index (χ4n) is 1.64. The number of hydrogen-bond donors (Lipinski definition) is 1. The lowest BCUT2D eigenvalue weighted by Gasteiger charge is -2.11. The Bertz CT molecular complexity index is 545. The number of hydrogen-bond acceptors (Lipinski definition) is 2. The van der Waals surface area contributed by atoms with Gasteiger partial charge in [0, 0.05) is 9.13 Å². The number of nitrogens with one attached hydrogen (secondary N) is 1. The molecule has 0 fully saturated rings. The number of benzene rings is 1. The van der Waals surface area contributed by atoms with Crippen LogP contribution < -0.4 is 5.32 Å². The van der Waals surface area contributed by atoms with Crippen molar-refractivity contribution in [2.24, 2.45) is 0 Å². The van der Waals surface area contributed by atoms with Crippen LogP contribution in [0.2, 0.25) is 0 Å². The van der Waals surface area contributed by atoms with Crippen molar-refractivity contribution in [3.63, 3.8) is 0 Å². The number of amides is 1. The van der Waals surface area contributed by atoms with Gasteiger partial charge in [0.15, 0.2) is 0 Å². The smallest absolute Gasteiger partial charge is 0.251 e. The number of furan rings is 1. The van der Waals surface area contributed by atoms with Gasteiger partial charge in [-0.05, 0) is 72.8 Å². The molecule has 2 rings (SSSR count). The van der Waals surface area contributed by atoms with Gasteiger partial charge in [0.2, 0.25) is 0 Å². The summed E-state index contributed by atoms with van der Waals surface area (Å²) in [5.74, 6) is 1.53. The normalized spacial score (nSPS) is 12.2. The summed E-state index contributed by atoms with van der Waals surface area (Å²) >= 11 is 2.21. The monoisotopic (exact) mass is 355 g/mol. The van der Waals surface area contributed by atoms with E-state index in [1.807, 2.05) is 50.2 Å². The van der Waals surface area contributed by atoms with Crippen molar-refractivity contribution in [3.05, 3.63) is 57.1 Å². The van der Waals surface area contributed by atoms with E-state index in [4.69, 9.17) is 4.42 Å². The van der Waals surface area contributed by atoms with Crippen LogP contribution in [0, 0.1) is 10.5 Å². The third kappa shape index (κ3) is 3.13. The van der Waals surface area contributed by atoms with Crippen molar-refractivity contribution in [3.8, 4) is 0 Å². The predicted molar refractivity (Wildman–Crippen MR) is 78.5 cm³/mol. The lowest BCUT2D eigenvalue weighted by atomic mass is 10.2. The van der Waals surface area contributed by atoms with Gasteiger partial charge in [-0.3, -0.25) is 4.79 Å². The van der Waals surface area contributed by atoms with Crippen molar-refractivity contribution in [2.45, 2.75) is 19.9 Å². The molecule has 1 aromatic heterocycles. The van der Waals surface area contributed by atoms with Crippen LogP contribution in [0.1, 0.15) is 34.8 Å². The quantitative estimate of drug-likeness (QED) is 0.854. The van der Waals surface area contributed by atoms with E-state index in [1.165, 1.54) is 0 Å². The number of halogens is 1. The summed E-state index contributed by atoms with van der Waals surface area (Å²) in [4.78, 5) is 12.0. The van der Waals surface area contributed by atoms with Crippen LogP contribution in [-0.2, 0) is 0 Å². The summed E-state index contributed by atoms with van der Waals surface area (Å²) in [6.07, 6.45) is 0. The maximum absolute atomic E-state index is 12.0. The third-order valence-corrected chi connectivity index (χ3v) is 3.36. The van der Waals surface area contributed by atoms with Gasteiger partial charge < -0.3 is 9.73 Å². The SMILES string of the molecule is Cc1ccc(C(C)NC(=O)c2ccc(I)cc2)o1. The van der Waals surface area contributed by atoms with Gasteiger partial charge in [-0.2, -0.15) is 0 Å². The lowest BCUT2D eigenvalue weighted by molar-refractivity contribution is 0.0935. The third-order valence-electron chi connectivity index (χ3n) is 2.64. The van der Waals surface area contributed by atoms with E-state index in [9.17, 15) is 4.79 Å². The molecule has 3 nitrogen and oxygen atoms in total. The van der Waals surface area contributed by atoms with E-state index in [0.717, 1.165) is 15.1 Å². The number of carbonyl (C=O) groups excluding carboxylic acids is 1. The second-order valence-corrected chi connectivity index (χ2v) is 5.40. The molecule has 2 aromatic rings. The fraction of sp³-hybridized carbons (Fsp3) is 0.214. The second kappa shape index (κ2) is 5.56. The molecule has 0 aliphatic heterocycles. The molecule has 1 aromatic carbocycles. The summed E-state index contributed by atoms with van der Waals surface area (Å²) in [6.45, 7) is 3.79. The standard InChI is InChI=1S/C14H14INO2/c1-9-3-8-13(18-9)10(2)16-14(17)11-4-6-12(15)7-5-11/h3-8,10H,1-2H3,(H,16,17). The Morgan fingerprint density at radius 2 is 1.89 bits per heavy atom. The Labute approximate surface area is 120 Å². The van der Waals surface area contributed by atoms with E-state index in [1.54, 1.807) is 0 Å². The van der Waals surface area contributed by atoms with Crippen LogP contribution in [-0.4, -0.2) is 5.91 Å². The molecule has 1 amide bonds. The summed E-state index contributed by atoms with van der Waals surface area (Å²) < 4.78 is 6.60. The molecule has 1 unspecified atom stereocenters. The minimum absolute atomic E-state index is 0.0899. The Balaban J connectivity index is 2.05. The lowest BCUT2D eigenvalue weighted by Crippen LogP contribution is -2.26.